The van der Waals surface area contributed by atoms with E-state index in [9.17, 15) is 4.79 Å². The molecule has 128 valence electrons. The van der Waals surface area contributed by atoms with Crippen molar-refractivity contribution in [1.82, 2.24) is 9.88 Å². The number of hydrogen-bond acceptors (Lipinski definition) is 5. The molecule has 0 radical (unpaired) electrons. The molecule has 0 aliphatic carbocycles. The fraction of sp³-hybridized carbons (Fsp3) is 0.316. The van der Waals surface area contributed by atoms with Gasteiger partial charge in [-0.25, -0.2) is 4.98 Å². The molecule has 2 heterocycles. The number of benzene rings is 1. The fourth-order valence-electron chi connectivity index (χ4n) is 3.27. The van der Waals surface area contributed by atoms with Gasteiger partial charge in [0.05, 0.1) is 5.56 Å². The van der Waals surface area contributed by atoms with Crippen LogP contribution in [0.15, 0.2) is 48.7 Å². The number of primary amides is 1. The lowest BCUT2D eigenvalue weighted by Crippen LogP contribution is -2.36. The number of aromatic nitrogens is 1. The Balaban J connectivity index is 1.58. The average Bonchev–Trinajstić information content (AvgIpc) is 3.09. The topological polar surface area (TPSA) is 95.0 Å². The van der Waals surface area contributed by atoms with Gasteiger partial charge in [-0.3, -0.25) is 9.69 Å². The minimum Gasteiger partial charge on any atom is -0.370 e. The minimum atomic E-state index is -0.376. The van der Waals surface area contributed by atoms with Gasteiger partial charge in [0.2, 0.25) is 5.91 Å². The van der Waals surface area contributed by atoms with Crippen molar-refractivity contribution in [3.05, 3.63) is 59.8 Å². The molecule has 2 aromatic rings. The number of nitrogens with two attached hydrogens (primary N) is 1. The molecule has 2 atom stereocenters. The second kappa shape index (κ2) is 7.77. The van der Waals surface area contributed by atoms with Crippen LogP contribution in [0.1, 0.15) is 23.6 Å². The Labute approximate surface area is 147 Å². The zero-order valence-electron chi connectivity index (χ0n) is 13.9. The smallest absolute Gasteiger partial charge is 0.239 e. The first-order chi connectivity index (χ1) is 12.2. The largest absolute Gasteiger partial charge is 0.370 e. The van der Waals surface area contributed by atoms with Gasteiger partial charge in [-0.15, -0.1) is 0 Å². The number of anilines is 1. The molecular formula is C19H21N5O. The Morgan fingerprint density at radius 3 is 2.80 bits per heavy atom. The van der Waals surface area contributed by atoms with E-state index in [2.05, 4.69) is 21.3 Å². The molecule has 1 aromatic carbocycles. The molecule has 0 saturated carbocycles. The summed E-state index contributed by atoms with van der Waals surface area (Å²) in [4.78, 5) is 18.3. The number of carbonyl (C=O) groups is 1. The van der Waals surface area contributed by atoms with Crippen LogP contribution in [-0.2, 0) is 4.79 Å². The zero-order chi connectivity index (χ0) is 17.6. The Kier molecular flexibility index (Phi) is 5.26. The van der Waals surface area contributed by atoms with Crippen LogP contribution in [-0.4, -0.2) is 35.4 Å². The predicted molar refractivity (Wildman–Crippen MR) is 95.5 cm³/mol. The second-order valence-electron chi connectivity index (χ2n) is 6.29. The van der Waals surface area contributed by atoms with Crippen molar-refractivity contribution < 1.29 is 4.79 Å². The van der Waals surface area contributed by atoms with E-state index in [0.717, 1.165) is 37.4 Å². The maximum absolute atomic E-state index is 12.0. The standard InChI is InChI=1S/C19H21N5O/c20-10-14-6-7-17(22-11-14)23-12-15-8-9-24(13-15)18(19(21)25)16-4-2-1-3-5-16/h1-7,11,15,18H,8-9,12-13H2,(H2,21,25)(H,22,23)/t15-,18+/m1/s1. The minimum absolute atomic E-state index is 0.312. The highest BCUT2D eigenvalue weighted by Crippen LogP contribution is 2.27. The first-order valence-corrected chi connectivity index (χ1v) is 8.35. The highest BCUT2D eigenvalue weighted by molar-refractivity contribution is 5.81. The predicted octanol–water partition coefficient (Wildman–Crippen LogP) is 1.91. The van der Waals surface area contributed by atoms with Crippen LogP contribution in [0.4, 0.5) is 5.82 Å². The van der Waals surface area contributed by atoms with Gasteiger partial charge < -0.3 is 11.1 Å². The van der Waals surface area contributed by atoms with Crippen LogP contribution in [0, 0.1) is 17.2 Å². The normalized spacial score (nSPS) is 18.4. The Morgan fingerprint density at radius 2 is 2.16 bits per heavy atom. The number of rotatable bonds is 6. The molecule has 1 aliphatic rings. The molecule has 1 aromatic heterocycles. The fourth-order valence-corrected chi connectivity index (χ4v) is 3.27. The molecule has 3 N–H and O–H groups in total. The van der Waals surface area contributed by atoms with Crippen molar-refractivity contribution in [1.29, 1.82) is 5.26 Å². The average molecular weight is 335 g/mol. The third-order valence-electron chi connectivity index (χ3n) is 4.53. The van der Waals surface area contributed by atoms with Gasteiger partial charge in [0, 0.05) is 19.3 Å². The van der Waals surface area contributed by atoms with Crippen LogP contribution >= 0.6 is 0 Å². The summed E-state index contributed by atoms with van der Waals surface area (Å²) in [6, 6.07) is 14.9. The molecule has 1 amide bonds. The molecule has 1 aliphatic heterocycles. The second-order valence-corrected chi connectivity index (χ2v) is 6.29. The lowest BCUT2D eigenvalue weighted by atomic mass is 10.0. The van der Waals surface area contributed by atoms with E-state index in [0.29, 0.717) is 11.5 Å². The molecule has 6 nitrogen and oxygen atoms in total. The van der Waals surface area contributed by atoms with Gasteiger partial charge in [-0.1, -0.05) is 30.3 Å². The number of nitrogens with one attached hydrogen (secondary N) is 1. The van der Waals surface area contributed by atoms with E-state index < -0.39 is 0 Å². The van der Waals surface area contributed by atoms with E-state index in [4.69, 9.17) is 11.0 Å². The summed E-state index contributed by atoms with van der Waals surface area (Å²) in [5.74, 6) is 0.864. The number of hydrogen-bond donors (Lipinski definition) is 2. The van der Waals surface area contributed by atoms with E-state index in [-0.39, 0.29) is 11.9 Å². The molecule has 0 spiro atoms. The molecular weight excluding hydrogens is 314 g/mol. The van der Waals surface area contributed by atoms with E-state index >= 15 is 0 Å². The van der Waals surface area contributed by atoms with Crippen molar-refractivity contribution in [2.75, 3.05) is 25.0 Å². The zero-order valence-corrected chi connectivity index (χ0v) is 13.9. The van der Waals surface area contributed by atoms with Gasteiger partial charge in [0.1, 0.15) is 17.9 Å². The third-order valence-corrected chi connectivity index (χ3v) is 4.53. The third kappa shape index (κ3) is 4.14. The SMILES string of the molecule is N#Cc1ccc(NC[C@H]2CCN([C@H](C(N)=O)c3ccccc3)C2)nc1. The lowest BCUT2D eigenvalue weighted by molar-refractivity contribution is -0.123. The van der Waals surface area contributed by atoms with Crippen molar-refractivity contribution in [3.8, 4) is 6.07 Å². The van der Waals surface area contributed by atoms with Gasteiger partial charge >= 0.3 is 0 Å². The summed E-state index contributed by atoms with van der Waals surface area (Å²) in [5.41, 5.74) is 7.14. The van der Waals surface area contributed by atoms with Crippen molar-refractivity contribution in [2.45, 2.75) is 12.5 Å². The molecule has 3 rings (SSSR count). The number of nitriles is 1. The van der Waals surface area contributed by atoms with Crippen molar-refractivity contribution in [2.24, 2.45) is 11.7 Å². The Bertz CT molecular complexity index is 754. The van der Waals surface area contributed by atoms with Gasteiger partial charge in [-0.2, -0.15) is 5.26 Å². The maximum atomic E-state index is 12.0. The highest BCUT2D eigenvalue weighted by atomic mass is 16.1. The van der Waals surface area contributed by atoms with Crippen molar-refractivity contribution >= 4 is 11.7 Å². The summed E-state index contributed by atoms with van der Waals surface area (Å²) in [6.45, 7) is 2.43. The van der Waals surface area contributed by atoms with Crippen molar-refractivity contribution in [3.63, 3.8) is 0 Å². The number of amides is 1. The first-order valence-electron chi connectivity index (χ1n) is 8.35. The molecule has 1 saturated heterocycles. The summed E-state index contributed by atoms with van der Waals surface area (Å²) in [7, 11) is 0. The molecule has 25 heavy (non-hydrogen) atoms. The number of carbonyl (C=O) groups excluding carboxylic acids is 1. The molecule has 1 fully saturated rings. The van der Waals surface area contributed by atoms with E-state index in [1.165, 1.54) is 0 Å². The summed E-state index contributed by atoms with van der Waals surface area (Å²) in [6.07, 6.45) is 2.56. The maximum Gasteiger partial charge on any atom is 0.239 e. The Morgan fingerprint density at radius 1 is 1.36 bits per heavy atom. The molecule has 0 bridgehead atoms. The van der Waals surface area contributed by atoms with Crippen LogP contribution in [0.25, 0.3) is 0 Å². The summed E-state index contributed by atoms with van der Waals surface area (Å²) >= 11 is 0. The summed E-state index contributed by atoms with van der Waals surface area (Å²) < 4.78 is 0. The number of nitrogens with zero attached hydrogens (tertiary/aromatic N) is 3. The van der Waals surface area contributed by atoms with Crippen LogP contribution in [0.2, 0.25) is 0 Å². The van der Waals surface area contributed by atoms with E-state index in [1.807, 2.05) is 30.3 Å². The van der Waals surface area contributed by atoms with Gasteiger partial charge in [0.15, 0.2) is 0 Å². The highest BCUT2D eigenvalue weighted by Gasteiger charge is 2.32. The quantitative estimate of drug-likeness (QED) is 0.841. The van der Waals surface area contributed by atoms with Crippen LogP contribution < -0.4 is 11.1 Å². The van der Waals surface area contributed by atoms with Gasteiger partial charge in [-0.05, 0) is 36.6 Å². The van der Waals surface area contributed by atoms with Gasteiger partial charge in [0.25, 0.3) is 0 Å². The Hall–Kier alpha value is -2.91. The monoisotopic (exact) mass is 335 g/mol. The van der Waals surface area contributed by atoms with Crippen LogP contribution in [0.5, 0.6) is 0 Å². The van der Waals surface area contributed by atoms with E-state index in [1.54, 1.807) is 18.3 Å². The molecule has 6 heteroatoms. The molecule has 0 unspecified atom stereocenters. The lowest BCUT2D eigenvalue weighted by Gasteiger charge is -2.25. The van der Waals surface area contributed by atoms with Crippen LogP contribution in [0.3, 0.4) is 0 Å². The summed E-state index contributed by atoms with van der Waals surface area (Å²) in [5, 5.41) is 12.1. The first kappa shape index (κ1) is 16.9. The number of pyridine rings is 1. The number of likely N-dealkylation sites (tertiary alicyclic amines) is 1.